The molecule has 1 N–H and O–H groups in total. The zero-order valence-corrected chi connectivity index (χ0v) is 23.1. The van der Waals surface area contributed by atoms with Crippen LogP contribution in [0, 0.1) is 25.2 Å². The molecule has 6 rings (SSSR count). The molecule has 1 amide bonds. The molecule has 0 saturated carbocycles. The van der Waals surface area contributed by atoms with Crippen LogP contribution in [0.15, 0.2) is 48.4 Å². The molecule has 41 heavy (non-hydrogen) atoms. The number of halogens is 3. The first-order valence-electron chi connectivity index (χ1n) is 13.1. The van der Waals surface area contributed by atoms with Crippen LogP contribution in [-0.4, -0.2) is 46.2 Å². The van der Waals surface area contributed by atoms with Gasteiger partial charge in [-0.2, -0.15) is 18.4 Å². The highest BCUT2D eigenvalue weighted by Crippen LogP contribution is 2.37. The molecule has 4 aromatic rings. The predicted molar refractivity (Wildman–Crippen MR) is 151 cm³/mol. The van der Waals surface area contributed by atoms with E-state index in [2.05, 4.69) is 26.3 Å². The van der Waals surface area contributed by atoms with E-state index in [0.717, 1.165) is 39.3 Å². The summed E-state index contributed by atoms with van der Waals surface area (Å²) in [5.74, 6) is 0.186. The van der Waals surface area contributed by atoms with Gasteiger partial charge in [-0.25, -0.2) is 9.97 Å². The number of pyridine rings is 1. The second-order valence-corrected chi connectivity index (χ2v) is 11.6. The summed E-state index contributed by atoms with van der Waals surface area (Å²) in [6.45, 7) is 4.69. The van der Waals surface area contributed by atoms with E-state index in [1.165, 1.54) is 12.4 Å². The van der Waals surface area contributed by atoms with Crippen LogP contribution in [0.3, 0.4) is 0 Å². The van der Waals surface area contributed by atoms with E-state index in [1.807, 2.05) is 43.0 Å². The van der Waals surface area contributed by atoms with Gasteiger partial charge in [0.05, 0.1) is 23.9 Å². The van der Waals surface area contributed by atoms with E-state index in [-0.39, 0.29) is 22.7 Å². The van der Waals surface area contributed by atoms with E-state index >= 15 is 0 Å². The van der Waals surface area contributed by atoms with Crippen LogP contribution in [0.2, 0.25) is 0 Å². The summed E-state index contributed by atoms with van der Waals surface area (Å²) in [5, 5.41) is 13.1. The van der Waals surface area contributed by atoms with Crippen LogP contribution >= 0.6 is 11.3 Å². The van der Waals surface area contributed by atoms with Gasteiger partial charge in [-0.3, -0.25) is 9.78 Å². The fourth-order valence-electron chi connectivity index (χ4n) is 5.72. The third kappa shape index (κ3) is 5.27. The maximum Gasteiger partial charge on any atom is 0.393 e. The van der Waals surface area contributed by atoms with E-state index in [1.54, 1.807) is 12.3 Å². The average molecular weight is 575 g/mol. The molecule has 1 aliphatic carbocycles. The number of nitrogens with zero attached hydrogens (tertiary/aromatic N) is 5. The Morgan fingerprint density at radius 2 is 2.00 bits per heavy atom. The lowest BCUT2D eigenvalue weighted by molar-refractivity contribution is -0.126. The lowest BCUT2D eigenvalue weighted by atomic mass is 9.94. The highest BCUT2D eigenvalue weighted by atomic mass is 32.1. The van der Waals surface area contributed by atoms with Crippen molar-refractivity contribution in [3.63, 3.8) is 0 Å². The Morgan fingerprint density at radius 1 is 1.17 bits per heavy atom. The number of nitriles is 1. The van der Waals surface area contributed by atoms with Crippen molar-refractivity contribution < 1.29 is 18.0 Å². The summed E-state index contributed by atoms with van der Waals surface area (Å²) in [4.78, 5) is 29.4. The third-order valence-electron chi connectivity index (χ3n) is 7.73. The summed E-state index contributed by atoms with van der Waals surface area (Å²) >= 11 is 1.02. The number of benzene rings is 1. The maximum atomic E-state index is 13.6. The molecule has 208 valence electrons. The SMILES string of the molecule is Cc1ccc(C2CN(c3ncnc4sc(CC(F)(F)F)cc34)CC2NC(=O)c2ccc3c(c2C)C=C(C#N)C3)cn1. The molecule has 0 spiro atoms. The quantitative estimate of drug-likeness (QED) is 0.330. The van der Waals surface area contributed by atoms with Crippen LogP contribution in [0.4, 0.5) is 19.0 Å². The Labute approximate surface area is 238 Å². The van der Waals surface area contributed by atoms with E-state index in [4.69, 9.17) is 0 Å². The van der Waals surface area contributed by atoms with E-state index < -0.39 is 12.6 Å². The number of hydrogen-bond acceptors (Lipinski definition) is 7. The molecular weight excluding hydrogens is 549 g/mol. The number of aryl methyl sites for hydroxylation is 1. The Hall–Kier alpha value is -4.30. The summed E-state index contributed by atoms with van der Waals surface area (Å²) < 4.78 is 39.3. The number of amides is 1. The number of nitrogens with one attached hydrogen (secondary N) is 1. The molecule has 11 heteroatoms. The first-order chi connectivity index (χ1) is 19.6. The van der Waals surface area contributed by atoms with Gasteiger partial charge < -0.3 is 10.2 Å². The van der Waals surface area contributed by atoms with Gasteiger partial charge in [-0.05, 0) is 60.4 Å². The van der Waals surface area contributed by atoms with E-state index in [0.29, 0.717) is 46.7 Å². The fraction of sp³-hybridized carbons (Fsp3) is 0.300. The zero-order chi connectivity index (χ0) is 28.9. The third-order valence-corrected chi connectivity index (χ3v) is 8.77. The van der Waals surface area contributed by atoms with Gasteiger partial charge in [-0.15, -0.1) is 11.3 Å². The van der Waals surface area contributed by atoms with E-state index in [9.17, 15) is 23.2 Å². The van der Waals surface area contributed by atoms with Gasteiger partial charge in [0.15, 0.2) is 0 Å². The molecule has 2 aliphatic rings. The molecule has 4 heterocycles. The minimum Gasteiger partial charge on any atom is -0.353 e. The minimum atomic E-state index is -4.32. The van der Waals surface area contributed by atoms with Crippen molar-refractivity contribution in [2.24, 2.45) is 0 Å². The Balaban J connectivity index is 1.32. The average Bonchev–Trinajstić information content (AvgIpc) is 3.64. The van der Waals surface area contributed by atoms with Crippen molar-refractivity contribution in [1.82, 2.24) is 20.3 Å². The lowest BCUT2D eigenvalue weighted by Crippen LogP contribution is -2.40. The molecule has 2 unspecified atom stereocenters. The molecule has 1 aromatic carbocycles. The second-order valence-electron chi connectivity index (χ2n) is 10.5. The summed E-state index contributed by atoms with van der Waals surface area (Å²) in [6.07, 6.45) is 0.247. The first-order valence-corrected chi connectivity index (χ1v) is 13.9. The monoisotopic (exact) mass is 574 g/mol. The van der Waals surface area contributed by atoms with Crippen molar-refractivity contribution in [2.75, 3.05) is 18.0 Å². The molecule has 0 bridgehead atoms. The number of carbonyl (C=O) groups is 1. The molecule has 1 aliphatic heterocycles. The van der Waals surface area contributed by atoms with Gasteiger partial charge in [0.1, 0.15) is 17.0 Å². The Morgan fingerprint density at radius 3 is 2.73 bits per heavy atom. The molecule has 7 nitrogen and oxygen atoms in total. The summed E-state index contributed by atoms with van der Waals surface area (Å²) in [7, 11) is 0. The summed E-state index contributed by atoms with van der Waals surface area (Å²) in [5.41, 5.74) is 5.79. The largest absolute Gasteiger partial charge is 0.393 e. The van der Waals surface area contributed by atoms with Crippen molar-refractivity contribution in [3.8, 4) is 6.07 Å². The number of alkyl halides is 3. The number of thiophene rings is 1. The normalized spacial score (nSPS) is 18.3. The summed E-state index contributed by atoms with van der Waals surface area (Å²) in [6, 6.07) is 11.0. The predicted octanol–water partition coefficient (Wildman–Crippen LogP) is 5.67. The van der Waals surface area contributed by atoms with Gasteiger partial charge in [-0.1, -0.05) is 12.1 Å². The zero-order valence-electron chi connectivity index (χ0n) is 22.3. The molecular formula is C30H25F3N6OS. The van der Waals surface area contributed by atoms with Gasteiger partial charge >= 0.3 is 6.18 Å². The van der Waals surface area contributed by atoms with Gasteiger partial charge in [0.25, 0.3) is 5.91 Å². The lowest BCUT2D eigenvalue weighted by Gasteiger charge is -2.21. The van der Waals surface area contributed by atoms with Gasteiger partial charge in [0, 0.05) is 53.3 Å². The van der Waals surface area contributed by atoms with Crippen molar-refractivity contribution in [2.45, 2.75) is 44.8 Å². The van der Waals surface area contributed by atoms with Crippen molar-refractivity contribution in [3.05, 3.63) is 86.8 Å². The number of aromatic nitrogens is 3. The second kappa shape index (κ2) is 10.3. The topological polar surface area (TPSA) is 94.8 Å². The van der Waals surface area contributed by atoms with Crippen molar-refractivity contribution in [1.29, 1.82) is 5.26 Å². The Kier molecular flexibility index (Phi) is 6.74. The molecule has 1 fully saturated rings. The van der Waals surface area contributed by atoms with Crippen LogP contribution in [-0.2, 0) is 12.8 Å². The Bertz CT molecular complexity index is 1740. The van der Waals surface area contributed by atoms with Crippen LogP contribution in [0.1, 0.15) is 49.1 Å². The standard InChI is InChI=1S/C30H25F3N6OS/c1-16-3-4-20(12-35-16)25-13-39(27-24-9-21(10-30(31,32)33)41-29(24)37-15-36-27)14-26(25)38-28(40)22-6-5-19-7-18(11-34)8-23(19)17(22)2/h3-6,8-9,12,15,25-26H,7,10,13-14H2,1-2H3,(H,38,40). The number of hydrogen-bond donors (Lipinski definition) is 1. The molecule has 1 saturated heterocycles. The number of carbonyl (C=O) groups excluding carboxylic acids is 1. The number of fused-ring (bicyclic) bond motifs is 2. The number of allylic oxidation sites excluding steroid dienone is 1. The maximum absolute atomic E-state index is 13.6. The number of rotatable bonds is 5. The van der Waals surface area contributed by atoms with Crippen LogP contribution in [0.5, 0.6) is 0 Å². The van der Waals surface area contributed by atoms with Crippen molar-refractivity contribution >= 4 is 39.4 Å². The fourth-order valence-corrected chi connectivity index (χ4v) is 6.74. The number of anilines is 1. The minimum absolute atomic E-state index is 0.134. The molecule has 0 radical (unpaired) electrons. The van der Waals surface area contributed by atoms with Gasteiger partial charge in [0.2, 0.25) is 0 Å². The highest BCUT2D eigenvalue weighted by Gasteiger charge is 2.37. The van der Waals surface area contributed by atoms with Crippen LogP contribution in [0.25, 0.3) is 16.3 Å². The smallest absolute Gasteiger partial charge is 0.353 e. The van der Waals surface area contributed by atoms with Crippen LogP contribution < -0.4 is 10.2 Å². The molecule has 2 atom stereocenters. The highest BCUT2D eigenvalue weighted by molar-refractivity contribution is 7.18. The molecule has 3 aromatic heterocycles. The first kappa shape index (κ1) is 26.9.